The lowest BCUT2D eigenvalue weighted by Gasteiger charge is -2.09. The molecule has 0 atom stereocenters. The third-order valence-corrected chi connectivity index (χ3v) is 2.83. The van der Waals surface area contributed by atoms with Crippen LogP contribution >= 0.6 is 0 Å². The van der Waals surface area contributed by atoms with Crippen LogP contribution in [0.15, 0.2) is 18.2 Å². The van der Waals surface area contributed by atoms with E-state index in [2.05, 4.69) is 28.4 Å². The first kappa shape index (κ1) is 13.5. The lowest BCUT2D eigenvalue weighted by Crippen LogP contribution is -2.07. The van der Waals surface area contributed by atoms with Crippen molar-refractivity contribution in [3.05, 3.63) is 35.2 Å². The molecule has 5 heteroatoms. The summed E-state index contributed by atoms with van der Waals surface area (Å²) in [4.78, 5) is 4.49. The standard InChI is InChI=1S/C14H20N4O/c1-5-12-7-11(9-15-3)8-13(16-12)19-14-6-10(2)17-18(14)4/h6-8,15H,5,9H2,1-4H3. The number of hydrogen-bond donors (Lipinski definition) is 1. The van der Waals surface area contributed by atoms with Gasteiger partial charge in [0, 0.05) is 31.4 Å². The summed E-state index contributed by atoms with van der Waals surface area (Å²) in [5, 5.41) is 7.40. The van der Waals surface area contributed by atoms with E-state index in [-0.39, 0.29) is 0 Å². The topological polar surface area (TPSA) is 52.0 Å². The first-order valence-corrected chi connectivity index (χ1v) is 6.45. The van der Waals surface area contributed by atoms with E-state index >= 15 is 0 Å². The average Bonchev–Trinajstić information content (AvgIpc) is 2.68. The van der Waals surface area contributed by atoms with Crippen LogP contribution in [-0.4, -0.2) is 21.8 Å². The van der Waals surface area contributed by atoms with Crippen molar-refractivity contribution >= 4 is 0 Å². The molecular weight excluding hydrogens is 240 g/mol. The number of ether oxygens (including phenoxy) is 1. The molecule has 19 heavy (non-hydrogen) atoms. The van der Waals surface area contributed by atoms with Gasteiger partial charge in [-0.3, -0.25) is 0 Å². The Labute approximate surface area is 113 Å². The smallest absolute Gasteiger partial charge is 0.221 e. The molecule has 0 saturated carbocycles. The highest BCUT2D eigenvalue weighted by Gasteiger charge is 2.08. The minimum absolute atomic E-state index is 0.618. The van der Waals surface area contributed by atoms with E-state index in [4.69, 9.17) is 4.74 Å². The summed E-state index contributed by atoms with van der Waals surface area (Å²) in [5.74, 6) is 1.32. The second-order valence-electron chi connectivity index (χ2n) is 4.54. The Balaban J connectivity index is 2.28. The highest BCUT2D eigenvalue weighted by molar-refractivity contribution is 5.28. The predicted molar refractivity (Wildman–Crippen MR) is 74.4 cm³/mol. The molecule has 0 unspecified atom stereocenters. The van der Waals surface area contributed by atoms with Crippen LogP contribution in [0, 0.1) is 6.92 Å². The van der Waals surface area contributed by atoms with Gasteiger partial charge in [-0.05, 0) is 32.0 Å². The summed E-state index contributed by atoms with van der Waals surface area (Å²) in [5.41, 5.74) is 3.13. The summed E-state index contributed by atoms with van der Waals surface area (Å²) < 4.78 is 7.54. The number of aryl methyl sites for hydroxylation is 3. The summed E-state index contributed by atoms with van der Waals surface area (Å²) in [6.07, 6.45) is 0.887. The zero-order valence-electron chi connectivity index (χ0n) is 11.9. The van der Waals surface area contributed by atoms with E-state index in [1.54, 1.807) is 4.68 Å². The van der Waals surface area contributed by atoms with Crippen molar-refractivity contribution in [3.8, 4) is 11.8 Å². The zero-order chi connectivity index (χ0) is 13.8. The van der Waals surface area contributed by atoms with Crippen LogP contribution < -0.4 is 10.1 Å². The van der Waals surface area contributed by atoms with Crippen LogP contribution in [-0.2, 0) is 20.0 Å². The van der Waals surface area contributed by atoms with Crippen molar-refractivity contribution in [3.63, 3.8) is 0 Å². The Morgan fingerprint density at radius 3 is 2.68 bits per heavy atom. The molecule has 0 bridgehead atoms. The van der Waals surface area contributed by atoms with Gasteiger partial charge in [0.15, 0.2) is 0 Å². The van der Waals surface area contributed by atoms with Gasteiger partial charge in [-0.15, -0.1) is 0 Å². The normalized spacial score (nSPS) is 10.7. The number of rotatable bonds is 5. The summed E-state index contributed by atoms with van der Waals surface area (Å²) in [6, 6.07) is 5.95. The molecule has 0 aliphatic heterocycles. The monoisotopic (exact) mass is 260 g/mol. The van der Waals surface area contributed by atoms with Gasteiger partial charge >= 0.3 is 0 Å². The maximum atomic E-state index is 5.82. The molecule has 2 aromatic heterocycles. The van der Waals surface area contributed by atoms with E-state index in [1.807, 2.05) is 33.2 Å². The van der Waals surface area contributed by atoms with Gasteiger partial charge in [0.05, 0.1) is 5.69 Å². The van der Waals surface area contributed by atoms with E-state index in [1.165, 1.54) is 5.56 Å². The Bertz CT molecular complexity index is 563. The molecule has 0 amide bonds. The number of nitrogens with one attached hydrogen (secondary N) is 1. The molecule has 5 nitrogen and oxygen atoms in total. The SMILES string of the molecule is CCc1cc(CNC)cc(Oc2cc(C)nn2C)n1. The highest BCUT2D eigenvalue weighted by atomic mass is 16.5. The fourth-order valence-corrected chi connectivity index (χ4v) is 1.95. The fraction of sp³-hybridized carbons (Fsp3) is 0.429. The third-order valence-electron chi connectivity index (χ3n) is 2.83. The van der Waals surface area contributed by atoms with Gasteiger partial charge in [0.2, 0.25) is 11.8 Å². The first-order chi connectivity index (χ1) is 9.12. The predicted octanol–water partition coefficient (Wildman–Crippen LogP) is 2.20. The van der Waals surface area contributed by atoms with Gasteiger partial charge < -0.3 is 10.1 Å². The summed E-state index contributed by atoms with van der Waals surface area (Å²) in [7, 11) is 3.79. The van der Waals surface area contributed by atoms with Crippen LogP contribution in [0.25, 0.3) is 0 Å². The number of pyridine rings is 1. The molecule has 0 fully saturated rings. The third kappa shape index (κ3) is 3.32. The van der Waals surface area contributed by atoms with Crippen LogP contribution in [0.4, 0.5) is 0 Å². The molecule has 0 aliphatic carbocycles. The molecule has 0 radical (unpaired) electrons. The minimum atomic E-state index is 0.618. The highest BCUT2D eigenvalue weighted by Crippen LogP contribution is 2.21. The number of nitrogens with zero attached hydrogens (tertiary/aromatic N) is 3. The molecule has 0 saturated heterocycles. The van der Waals surface area contributed by atoms with E-state index in [0.29, 0.717) is 11.8 Å². The molecule has 102 valence electrons. The van der Waals surface area contributed by atoms with Crippen molar-refractivity contribution in [2.45, 2.75) is 26.8 Å². The molecule has 0 aromatic carbocycles. The number of hydrogen-bond acceptors (Lipinski definition) is 4. The van der Waals surface area contributed by atoms with E-state index < -0.39 is 0 Å². The van der Waals surface area contributed by atoms with Crippen molar-refractivity contribution in [1.82, 2.24) is 20.1 Å². The molecule has 0 spiro atoms. The molecule has 2 heterocycles. The van der Waals surface area contributed by atoms with Crippen LogP contribution in [0.5, 0.6) is 11.8 Å². The maximum absolute atomic E-state index is 5.82. The van der Waals surface area contributed by atoms with Gasteiger partial charge in [-0.25, -0.2) is 9.67 Å². The Kier molecular flexibility index (Phi) is 4.16. The molecule has 2 aromatic rings. The first-order valence-electron chi connectivity index (χ1n) is 6.45. The van der Waals surface area contributed by atoms with E-state index in [0.717, 1.165) is 24.4 Å². The fourth-order valence-electron chi connectivity index (χ4n) is 1.95. The lowest BCUT2D eigenvalue weighted by atomic mass is 10.2. The Morgan fingerprint density at radius 2 is 2.11 bits per heavy atom. The summed E-state index contributed by atoms with van der Waals surface area (Å²) in [6.45, 7) is 4.83. The van der Waals surface area contributed by atoms with Crippen molar-refractivity contribution in [2.75, 3.05) is 7.05 Å². The van der Waals surface area contributed by atoms with E-state index in [9.17, 15) is 0 Å². The molecular formula is C14H20N4O. The van der Waals surface area contributed by atoms with Gasteiger partial charge in [0.1, 0.15) is 0 Å². The van der Waals surface area contributed by atoms with Gasteiger partial charge in [-0.2, -0.15) is 5.10 Å². The van der Waals surface area contributed by atoms with Crippen LogP contribution in [0.1, 0.15) is 23.9 Å². The van der Waals surface area contributed by atoms with Crippen LogP contribution in [0.3, 0.4) is 0 Å². The average molecular weight is 260 g/mol. The van der Waals surface area contributed by atoms with Gasteiger partial charge in [0.25, 0.3) is 0 Å². The second kappa shape index (κ2) is 5.84. The van der Waals surface area contributed by atoms with Crippen molar-refractivity contribution in [1.29, 1.82) is 0 Å². The number of aromatic nitrogens is 3. The van der Waals surface area contributed by atoms with Crippen LogP contribution in [0.2, 0.25) is 0 Å². The second-order valence-corrected chi connectivity index (χ2v) is 4.54. The molecule has 2 rings (SSSR count). The minimum Gasteiger partial charge on any atom is -0.421 e. The van der Waals surface area contributed by atoms with Gasteiger partial charge in [-0.1, -0.05) is 6.92 Å². The summed E-state index contributed by atoms with van der Waals surface area (Å²) >= 11 is 0. The molecule has 0 aliphatic rings. The maximum Gasteiger partial charge on any atom is 0.221 e. The van der Waals surface area contributed by atoms with Crippen molar-refractivity contribution in [2.24, 2.45) is 7.05 Å². The Morgan fingerprint density at radius 1 is 1.32 bits per heavy atom. The van der Waals surface area contributed by atoms with Crippen molar-refractivity contribution < 1.29 is 4.74 Å². The largest absolute Gasteiger partial charge is 0.421 e. The quantitative estimate of drug-likeness (QED) is 0.895. The zero-order valence-corrected chi connectivity index (χ0v) is 11.9. The lowest BCUT2D eigenvalue weighted by molar-refractivity contribution is 0.413. The Hall–Kier alpha value is -1.88. The molecule has 1 N–H and O–H groups in total.